The largest absolute Gasteiger partial charge is 0.489 e. The third-order valence-corrected chi connectivity index (χ3v) is 4.06. The SMILES string of the molecule is N#Cc1ccc(Cl)cc1OCC1(O)CCC(C(=O)O)CC1. The number of aliphatic carboxylic acids is 1. The Morgan fingerprint density at radius 1 is 1.48 bits per heavy atom. The number of nitrogens with zero attached hydrogens (tertiary/aromatic N) is 1. The molecule has 0 spiro atoms. The number of ether oxygens (including phenoxy) is 1. The van der Waals surface area contributed by atoms with Gasteiger partial charge in [0.2, 0.25) is 0 Å². The highest BCUT2D eigenvalue weighted by molar-refractivity contribution is 6.30. The van der Waals surface area contributed by atoms with Gasteiger partial charge in [-0.1, -0.05) is 11.6 Å². The average molecular weight is 310 g/mol. The Morgan fingerprint density at radius 2 is 2.14 bits per heavy atom. The van der Waals surface area contributed by atoms with Crippen LogP contribution >= 0.6 is 11.6 Å². The molecule has 0 unspecified atom stereocenters. The summed E-state index contributed by atoms with van der Waals surface area (Å²) in [4.78, 5) is 10.9. The number of carboxylic acids is 1. The Labute approximate surface area is 127 Å². The van der Waals surface area contributed by atoms with Crippen LogP contribution in [0.1, 0.15) is 31.2 Å². The molecule has 0 heterocycles. The third-order valence-electron chi connectivity index (χ3n) is 3.83. The van der Waals surface area contributed by atoms with Gasteiger partial charge in [-0.25, -0.2) is 0 Å². The molecular weight excluding hydrogens is 294 g/mol. The molecule has 0 amide bonds. The molecular formula is C15H16ClNO4. The van der Waals surface area contributed by atoms with Crippen LogP contribution < -0.4 is 4.74 Å². The number of nitriles is 1. The highest BCUT2D eigenvalue weighted by Gasteiger charge is 2.36. The molecule has 5 nitrogen and oxygen atoms in total. The predicted molar refractivity (Wildman–Crippen MR) is 76.2 cm³/mol. The zero-order chi connectivity index (χ0) is 15.5. The van der Waals surface area contributed by atoms with E-state index in [0.717, 1.165) is 0 Å². The van der Waals surface area contributed by atoms with Crippen molar-refractivity contribution in [2.24, 2.45) is 5.92 Å². The summed E-state index contributed by atoms with van der Waals surface area (Å²) >= 11 is 5.87. The van der Waals surface area contributed by atoms with Crippen LogP contribution in [0.3, 0.4) is 0 Å². The van der Waals surface area contributed by atoms with Crippen molar-refractivity contribution in [3.05, 3.63) is 28.8 Å². The number of benzene rings is 1. The van der Waals surface area contributed by atoms with E-state index >= 15 is 0 Å². The van der Waals surface area contributed by atoms with Crippen molar-refractivity contribution >= 4 is 17.6 Å². The number of hydrogen-bond acceptors (Lipinski definition) is 4. The van der Waals surface area contributed by atoms with E-state index < -0.39 is 17.5 Å². The Balaban J connectivity index is 1.99. The van der Waals surface area contributed by atoms with E-state index in [1.165, 1.54) is 6.07 Å². The molecule has 0 atom stereocenters. The van der Waals surface area contributed by atoms with Crippen LogP contribution in [0.15, 0.2) is 18.2 Å². The molecule has 1 aromatic carbocycles. The monoisotopic (exact) mass is 309 g/mol. The van der Waals surface area contributed by atoms with Crippen molar-refractivity contribution in [1.82, 2.24) is 0 Å². The molecule has 0 bridgehead atoms. The van der Waals surface area contributed by atoms with Crippen LogP contribution in [0.2, 0.25) is 5.02 Å². The molecule has 6 heteroatoms. The summed E-state index contributed by atoms with van der Waals surface area (Å²) in [5, 5.41) is 28.8. The van der Waals surface area contributed by atoms with E-state index in [0.29, 0.717) is 42.0 Å². The van der Waals surface area contributed by atoms with Gasteiger partial charge in [0.1, 0.15) is 18.4 Å². The van der Waals surface area contributed by atoms with Gasteiger partial charge in [0.15, 0.2) is 0 Å². The Bertz CT molecular complexity index is 574. The molecule has 1 fully saturated rings. The minimum atomic E-state index is -1.05. The maximum atomic E-state index is 10.9. The molecule has 0 aliphatic heterocycles. The summed E-state index contributed by atoms with van der Waals surface area (Å²) in [6.07, 6.45) is 1.59. The van der Waals surface area contributed by atoms with Gasteiger partial charge in [0, 0.05) is 11.1 Å². The van der Waals surface area contributed by atoms with Crippen molar-refractivity contribution < 1.29 is 19.7 Å². The lowest BCUT2D eigenvalue weighted by Crippen LogP contribution is -2.41. The van der Waals surface area contributed by atoms with E-state index in [1.807, 2.05) is 6.07 Å². The van der Waals surface area contributed by atoms with Gasteiger partial charge in [-0.05, 0) is 37.8 Å². The zero-order valence-electron chi connectivity index (χ0n) is 11.4. The fraction of sp³-hybridized carbons (Fsp3) is 0.467. The van der Waals surface area contributed by atoms with Crippen LogP contribution in [0.4, 0.5) is 0 Å². The molecule has 1 aromatic rings. The summed E-state index contributed by atoms with van der Waals surface area (Å²) in [5.74, 6) is -0.885. The lowest BCUT2D eigenvalue weighted by Gasteiger charge is -2.34. The Kier molecular flexibility index (Phi) is 4.71. The highest BCUT2D eigenvalue weighted by Crippen LogP contribution is 2.33. The summed E-state index contributed by atoms with van der Waals surface area (Å²) in [5.41, 5.74) is -0.705. The molecule has 0 radical (unpaired) electrons. The van der Waals surface area contributed by atoms with Gasteiger partial charge in [-0.15, -0.1) is 0 Å². The van der Waals surface area contributed by atoms with E-state index in [9.17, 15) is 9.90 Å². The van der Waals surface area contributed by atoms with Crippen molar-refractivity contribution in [3.63, 3.8) is 0 Å². The topological polar surface area (TPSA) is 90.5 Å². The first-order valence-electron chi connectivity index (χ1n) is 6.71. The first-order valence-corrected chi connectivity index (χ1v) is 7.09. The number of hydrogen-bond donors (Lipinski definition) is 2. The smallest absolute Gasteiger partial charge is 0.306 e. The summed E-state index contributed by atoms with van der Waals surface area (Å²) in [6.45, 7) is 0.0222. The minimum Gasteiger partial charge on any atom is -0.489 e. The lowest BCUT2D eigenvalue weighted by molar-refractivity contribution is -0.145. The highest BCUT2D eigenvalue weighted by atomic mass is 35.5. The van der Waals surface area contributed by atoms with E-state index in [1.54, 1.807) is 12.1 Å². The fourth-order valence-electron chi connectivity index (χ4n) is 2.47. The molecule has 2 rings (SSSR count). The summed E-state index contributed by atoms with van der Waals surface area (Å²) in [6, 6.07) is 6.69. The molecule has 1 aliphatic rings. The average Bonchev–Trinajstić information content (AvgIpc) is 2.46. The van der Waals surface area contributed by atoms with Crippen molar-refractivity contribution in [1.29, 1.82) is 5.26 Å². The molecule has 1 aliphatic carbocycles. The number of halogens is 1. The Morgan fingerprint density at radius 3 is 2.71 bits per heavy atom. The molecule has 112 valence electrons. The maximum Gasteiger partial charge on any atom is 0.306 e. The molecule has 2 N–H and O–H groups in total. The van der Waals surface area contributed by atoms with Crippen LogP contribution in [-0.4, -0.2) is 28.4 Å². The zero-order valence-corrected chi connectivity index (χ0v) is 12.1. The van der Waals surface area contributed by atoms with E-state index in [-0.39, 0.29) is 6.61 Å². The number of aliphatic hydroxyl groups is 1. The van der Waals surface area contributed by atoms with Gasteiger partial charge >= 0.3 is 5.97 Å². The first kappa shape index (κ1) is 15.6. The van der Waals surface area contributed by atoms with E-state index in [2.05, 4.69) is 0 Å². The predicted octanol–water partition coefficient (Wildman–Crippen LogP) is 2.60. The van der Waals surface area contributed by atoms with Crippen molar-refractivity contribution in [2.45, 2.75) is 31.3 Å². The van der Waals surface area contributed by atoms with Gasteiger partial charge < -0.3 is 14.9 Å². The normalized spacial score (nSPS) is 25.1. The molecule has 1 saturated carbocycles. The minimum absolute atomic E-state index is 0.0222. The van der Waals surface area contributed by atoms with Gasteiger partial charge in [0.25, 0.3) is 0 Å². The van der Waals surface area contributed by atoms with Crippen LogP contribution in [-0.2, 0) is 4.79 Å². The second kappa shape index (κ2) is 6.33. The number of carboxylic acid groups (broad SMARTS) is 1. The molecule has 21 heavy (non-hydrogen) atoms. The Hall–Kier alpha value is -1.77. The van der Waals surface area contributed by atoms with Crippen molar-refractivity contribution in [3.8, 4) is 11.8 Å². The molecule has 0 aromatic heterocycles. The van der Waals surface area contributed by atoms with Gasteiger partial charge in [-0.3, -0.25) is 4.79 Å². The quantitative estimate of drug-likeness (QED) is 0.892. The van der Waals surface area contributed by atoms with Gasteiger partial charge in [0.05, 0.1) is 17.1 Å². The van der Waals surface area contributed by atoms with Crippen LogP contribution in [0.25, 0.3) is 0 Å². The first-order chi connectivity index (χ1) is 9.93. The second-order valence-electron chi connectivity index (χ2n) is 5.38. The third kappa shape index (κ3) is 3.87. The molecule has 0 saturated heterocycles. The summed E-state index contributed by atoms with van der Waals surface area (Å²) < 4.78 is 5.54. The standard InChI is InChI=1S/C15H16ClNO4/c16-12-2-1-11(8-17)13(7-12)21-9-15(20)5-3-10(4-6-15)14(18)19/h1-2,7,10,20H,3-6,9H2,(H,18,19). The van der Waals surface area contributed by atoms with Crippen LogP contribution in [0, 0.1) is 17.2 Å². The van der Waals surface area contributed by atoms with Crippen molar-refractivity contribution in [2.75, 3.05) is 6.61 Å². The lowest BCUT2D eigenvalue weighted by atomic mass is 9.79. The summed E-state index contributed by atoms with van der Waals surface area (Å²) in [7, 11) is 0. The van der Waals surface area contributed by atoms with Gasteiger partial charge in [-0.2, -0.15) is 5.26 Å². The van der Waals surface area contributed by atoms with E-state index in [4.69, 9.17) is 26.7 Å². The second-order valence-corrected chi connectivity index (χ2v) is 5.81. The van der Waals surface area contributed by atoms with Crippen LogP contribution in [0.5, 0.6) is 5.75 Å². The fourth-order valence-corrected chi connectivity index (χ4v) is 2.63. The maximum absolute atomic E-state index is 10.9. The number of rotatable bonds is 4. The number of carbonyl (C=O) groups is 1.